The second-order valence-electron chi connectivity index (χ2n) is 6.93. The number of unbranched alkanes of at least 4 members (excludes halogenated alkanes) is 9. The fourth-order valence-electron chi connectivity index (χ4n) is 2.80. The zero-order valence-corrected chi connectivity index (χ0v) is 17.1. The third-order valence-corrected chi connectivity index (χ3v) is 4.85. The van der Waals surface area contributed by atoms with Crippen molar-refractivity contribution in [2.75, 3.05) is 12.9 Å². The van der Waals surface area contributed by atoms with Crippen molar-refractivity contribution in [3.05, 3.63) is 11.9 Å². The van der Waals surface area contributed by atoms with Gasteiger partial charge in [0.1, 0.15) is 0 Å². The molecule has 0 bridgehead atoms. The van der Waals surface area contributed by atoms with E-state index in [1.807, 2.05) is 6.20 Å². The Morgan fingerprint density at radius 3 is 2.15 bits per heavy atom. The van der Waals surface area contributed by atoms with Crippen molar-refractivity contribution in [3.8, 4) is 0 Å². The molecule has 0 aliphatic heterocycles. The minimum Gasteiger partial charge on any atom is -0.481 e. The van der Waals surface area contributed by atoms with Crippen LogP contribution in [0.15, 0.2) is 6.20 Å². The average molecular weight is 404 g/mol. The van der Waals surface area contributed by atoms with Gasteiger partial charge in [0.2, 0.25) is 0 Å². The van der Waals surface area contributed by atoms with E-state index in [2.05, 4.69) is 10.3 Å². The second kappa shape index (κ2) is 13.7. The van der Waals surface area contributed by atoms with E-state index in [9.17, 15) is 13.2 Å². The molecule has 1 aromatic rings. The summed E-state index contributed by atoms with van der Waals surface area (Å²) in [4.78, 5) is 10.5. The number of carboxylic acid groups (broad SMARTS) is 1. The topological polar surface area (TPSA) is 111 Å². The summed E-state index contributed by atoms with van der Waals surface area (Å²) in [5.74, 6) is -0.814. The Kier molecular flexibility index (Phi) is 11.9. The smallest absolute Gasteiger partial charge is 0.303 e. The fourth-order valence-corrected chi connectivity index (χ4v) is 3.22. The maximum atomic E-state index is 10.8. The van der Waals surface area contributed by atoms with Crippen LogP contribution >= 0.6 is 0 Å². The number of carboxylic acids is 1. The van der Waals surface area contributed by atoms with Gasteiger partial charge in [-0.2, -0.15) is 8.42 Å². The molecular formula is C18H33N3O5S. The molecule has 0 saturated carbocycles. The Bertz CT molecular complexity index is 631. The highest BCUT2D eigenvalue weighted by molar-refractivity contribution is 7.85. The summed E-state index contributed by atoms with van der Waals surface area (Å²) >= 11 is 0. The van der Waals surface area contributed by atoms with Gasteiger partial charge >= 0.3 is 5.97 Å². The Morgan fingerprint density at radius 1 is 1.04 bits per heavy atom. The monoisotopic (exact) mass is 403 g/mol. The number of aliphatic carboxylic acids is 1. The van der Waals surface area contributed by atoms with E-state index in [0.29, 0.717) is 13.0 Å². The van der Waals surface area contributed by atoms with Crippen molar-refractivity contribution in [1.29, 1.82) is 0 Å². The molecule has 0 fully saturated rings. The molecule has 9 heteroatoms. The third-order valence-electron chi connectivity index (χ3n) is 4.26. The minimum absolute atomic E-state index is 0.0904. The van der Waals surface area contributed by atoms with Gasteiger partial charge < -0.3 is 5.11 Å². The number of carbonyl (C=O) groups is 1. The molecule has 1 rings (SSSR count). The number of aromatic nitrogens is 3. The van der Waals surface area contributed by atoms with Crippen molar-refractivity contribution < 1.29 is 22.5 Å². The predicted octanol–water partition coefficient (Wildman–Crippen LogP) is 3.17. The lowest BCUT2D eigenvalue weighted by Gasteiger charge is -2.03. The molecule has 0 amide bonds. The van der Waals surface area contributed by atoms with Crippen LogP contribution in [0.1, 0.15) is 76.3 Å². The molecule has 27 heavy (non-hydrogen) atoms. The lowest BCUT2D eigenvalue weighted by atomic mass is 10.1. The highest BCUT2D eigenvalue weighted by Crippen LogP contribution is 2.11. The van der Waals surface area contributed by atoms with E-state index < -0.39 is 16.1 Å². The molecule has 1 heterocycles. The first-order valence-electron chi connectivity index (χ1n) is 9.82. The molecule has 0 atom stereocenters. The van der Waals surface area contributed by atoms with Crippen LogP contribution in [0.25, 0.3) is 0 Å². The quantitative estimate of drug-likeness (QED) is 0.314. The van der Waals surface area contributed by atoms with Crippen LogP contribution < -0.4 is 0 Å². The van der Waals surface area contributed by atoms with Crippen LogP contribution in [-0.2, 0) is 32.1 Å². The molecule has 0 spiro atoms. The normalized spacial score (nSPS) is 11.7. The maximum absolute atomic E-state index is 10.8. The molecule has 0 saturated heterocycles. The SMILES string of the molecule is CS(=O)(=O)OCCCCCCCCCCCCn1cc(CCC(=O)O)nn1. The van der Waals surface area contributed by atoms with Gasteiger partial charge in [-0.25, -0.2) is 0 Å². The van der Waals surface area contributed by atoms with Crippen LogP contribution in [0, 0.1) is 0 Å². The first-order valence-corrected chi connectivity index (χ1v) is 11.6. The number of hydrogen-bond donors (Lipinski definition) is 1. The second-order valence-corrected chi connectivity index (χ2v) is 8.57. The van der Waals surface area contributed by atoms with E-state index in [1.165, 1.54) is 32.1 Å². The molecule has 1 aromatic heterocycles. The van der Waals surface area contributed by atoms with Gasteiger partial charge in [-0.1, -0.05) is 56.6 Å². The van der Waals surface area contributed by atoms with Gasteiger partial charge in [-0.3, -0.25) is 13.7 Å². The number of nitrogens with zero attached hydrogens (tertiary/aromatic N) is 3. The number of rotatable bonds is 17. The van der Waals surface area contributed by atoms with E-state index in [-0.39, 0.29) is 6.42 Å². The lowest BCUT2D eigenvalue weighted by molar-refractivity contribution is -0.136. The first-order chi connectivity index (χ1) is 12.9. The van der Waals surface area contributed by atoms with Crippen LogP contribution in [-0.4, -0.2) is 47.4 Å². The Hall–Kier alpha value is -1.48. The van der Waals surface area contributed by atoms with Crippen LogP contribution in [0.5, 0.6) is 0 Å². The summed E-state index contributed by atoms with van der Waals surface area (Å²) < 4.78 is 28.1. The molecule has 1 N–H and O–H groups in total. The Balaban J connectivity index is 1.87. The van der Waals surface area contributed by atoms with E-state index >= 15 is 0 Å². The van der Waals surface area contributed by atoms with E-state index in [1.54, 1.807) is 4.68 Å². The standard InChI is InChI=1S/C18H33N3O5S/c1-27(24,25)26-15-11-9-7-5-3-2-4-6-8-10-14-21-16-17(19-20-21)12-13-18(22)23/h16H,2-15H2,1H3,(H,22,23). The number of aryl methyl sites for hydroxylation is 2. The van der Waals surface area contributed by atoms with Crippen molar-refractivity contribution in [3.63, 3.8) is 0 Å². The zero-order chi connectivity index (χ0) is 20.0. The highest BCUT2D eigenvalue weighted by atomic mass is 32.2. The Labute approximate surface area is 162 Å². The molecule has 0 aliphatic carbocycles. The number of hydrogen-bond acceptors (Lipinski definition) is 6. The van der Waals surface area contributed by atoms with E-state index in [0.717, 1.165) is 50.6 Å². The molecule has 8 nitrogen and oxygen atoms in total. The van der Waals surface area contributed by atoms with Crippen LogP contribution in [0.4, 0.5) is 0 Å². The van der Waals surface area contributed by atoms with Gasteiger partial charge in [0, 0.05) is 19.2 Å². The molecular weight excluding hydrogens is 370 g/mol. The summed E-state index contributed by atoms with van der Waals surface area (Å²) in [6, 6.07) is 0. The first kappa shape index (κ1) is 23.6. The van der Waals surface area contributed by atoms with E-state index in [4.69, 9.17) is 9.29 Å². The van der Waals surface area contributed by atoms with Crippen molar-refractivity contribution in [1.82, 2.24) is 15.0 Å². The minimum atomic E-state index is -3.29. The van der Waals surface area contributed by atoms with Gasteiger partial charge in [-0.15, -0.1) is 5.10 Å². The zero-order valence-electron chi connectivity index (χ0n) is 16.3. The van der Waals surface area contributed by atoms with Crippen molar-refractivity contribution in [2.45, 2.75) is 83.6 Å². The van der Waals surface area contributed by atoms with Crippen molar-refractivity contribution >= 4 is 16.1 Å². The molecule has 0 radical (unpaired) electrons. The van der Waals surface area contributed by atoms with Gasteiger partial charge in [0.05, 0.1) is 25.0 Å². The summed E-state index contributed by atoms with van der Waals surface area (Å²) in [5.41, 5.74) is 0.736. The summed E-state index contributed by atoms with van der Waals surface area (Å²) in [6.07, 6.45) is 14.7. The predicted molar refractivity (Wildman–Crippen MR) is 103 cm³/mol. The van der Waals surface area contributed by atoms with Gasteiger partial charge in [0.15, 0.2) is 0 Å². The Morgan fingerprint density at radius 2 is 1.59 bits per heavy atom. The van der Waals surface area contributed by atoms with Crippen LogP contribution in [0.2, 0.25) is 0 Å². The van der Waals surface area contributed by atoms with Gasteiger partial charge in [0.25, 0.3) is 10.1 Å². The summed E-state index contributed by atoms with van der Waals surface area (Å²) in [5, 5.41) is 16.7. The molecule has 156 valence electrons. The largest absolute Gasteiger partial charge is 0.481 e. The van der Waals surface area contributed by atoms with Gasteiger partial charge in [-0.05, 0) is 12.8 Å². The molecule has 0 aliphatic rings. The third kappa shape index (κ3) is 14.3. The fraction of sp³-hybridized carbons (Fsp3) is 0.833. The summed E-state index contributed by atoms with van der Waals surface area (Å²) in [6.45, 7) is 1.13. The molecule has 0 aromatic carbocycles. The average Bonchev–Trinajstić information content (AvgIpc) is 3.04. The van der Waals surface area contributed by atoms with Crippen LogP contribution in [0.3, 0.4) is 0 Å². The molecule has 0 unspecified atom stereocenters. The van der Waals surface area contributed by atoms with Crippen molar-refractivity contribution in [2.24, 2.45) is 0 Å². The lowest BCUT2D eigenvalue weighted by Crippen LogP contribution is -2.03. The maximum Gasteiger partial charge on any atom is 0.303 e. The highest BCUT2D eigenvalue weighted by Gasteiger charge is 2.04. The summed E-state index contributed by atoms with van der Waals surface area (Å²) in [7, 11) is -3.29.